The van der Waals surface area contributed by atoms with E-state index in [1.807, 2.05) is 31.2 Å². The number of aromatic amines is 1. The number of aliphatic hydroxyl groups is 3. The van der Waals surface area contributed by atoms with Crippen LogP contribution in [-0.4, -0.2) is 59.8 Å². The molecule has 10 heteroatoms. The maximum absolute atomic E-state index is 12.1. The molecule has 2 aromatic heterocycles. The number of benzene rings is 1. The maximum atomic E-state index is 12.1. The van der Waals surface area contributed by atoms with Gasteiger partial charge in [0.15, 0.2) is 17.4 Å². The Balaban J connectivity index is 1.83. The summed E-state index contributed by atoms with van der Waals surface area (Å²) in [7, 11) is 0. The van der Waals surface area contributed by atoms with Crippen molar-refractivity contribution < 1.29 is 20.1 Å². The number of H-pyrrole nitrogens is 1. The number of anilines is 2. The van der Waals surface area contributed by atoms with Crippen molar-refractivity contribution in [3.8, 4) is 0 Å². The lowest BCUT2D eigenvalue weighted by Gasteiger charge is -2.19. The summed E-state index contributed by atoms with van der Waals surface area (Å²) in [6.07, 6.45) is -3.44. The molecule has 1 saturated heterocycles. The van der Waals surface area contributed by atoms with Crippen LogP contribution in [0.5, 0.6) is 0 Å². The van der Waals surface area contributed by atoms with Crippen molar-refractivity contribution in [1.29, 1.82) is 0 Å². The van der Waals surface area contributed by atoms with E-state index in [1.54, 1.807) is 0 Å². The molecule has 4 rings (SSSR count). The molecule has 0 radical (unpaired) electrons. The van der Waals surface area contributed by atoms with Crippen LogP contribution in [0.15, 0.2) is 35.4 Å². The molecule has 0 amide bonds. The standard InChI is InChI=1S/C17H19N5O5/c1-8-2-4-9(5-3-8)20-17-21-11-14(18-7-19-15(11)26)22(17)16-13(25)12(24)10(6-23)27-16/h2-5,7,10,12-13,16,23-25H,6H2,1H3,(H,20,21)(H,18,19,26)/t10-,12-,13+,16-/m1/s1. The Labute approximate surface area is 153 Å². The second-order valence-electron chi connectivity index (χ2n) is 6.43. The van der Waals surface area contributed by atoms with Crippen molar-refractivity contribution >= 4 is 22.8 Å². The fraction of sp³-hybridized carbons (Fsp3) is 0.353. The SMILES string of the molecule is Cc1ccc(Nc2nc3c(=O)[nH]cnc3n2[C@@H]2O[C@H](CO)[C@@H](O)[C@@H]2O)cc1. The number of aromatic nitrogens is 4. The zero-order valence-corrected chi connectivity index (χ0v) is 14.4. The highest BCUT2D eigenvalue weighted by molar-refractivity contribution is 5.75. The number of imidazole rings is 1. The number of ether oxygens (including phenoxy) is 1. The summed E-state index contributed by atoms with van der Waals surface area (Å²) in [5, 5.41) is 32.9. The van der Waals surface area contributed by atoms with Crippen LogP contribution in [-0.2, 0) is 4.74 Å². The van der Waals surface area contributed by atoms with Gasteiger partial charge in [0, 0.05) is 5.69 Å². The third-order valence-electron chi connectivity index (χ3n) is 4.56. The highest BCUT2D eigenvalue weighted by Crippen LogP contribution is 2.34. The van der Waals surface area contributed by atoms with E-state index in [1.165, 1.54) is 10.9 Å². The lowest BCUT2D eigenvalue weighted by Crippen LogP contribution is -2.33. The number of aryl methyl sites for hydroxylation is 1. The Morgan fingerprint density at radius 2 is 2.00 bits per heavy atom. The molecule has 10 nitrogen and oxygen atoms in total. The predicted molar refractivity (Wildman–Crippen MR) is 95.6 cm³/mol. The molecule has 0 unspecified atom stereocenters. The lowest BCUT2D eigenvalue weighted by atomic mass is 10.1. The van der Waals surface area contributed by atoms with Gasteiger partial charge in [-0.15, -0.1) is 0 Å². The van der Waals surface area contributed by atoms with E-state index in [9.17, 15) is 20.1 Å². The number of hydrogen-bond donors (Lipinski definition) is 5. The highest BCUT2D eigenvalue weighted by Gasteiger charge is 2.45. The molecule has 3 heterocycles. The fourth-order valence-corrected chi connectivity index (χ4v) is 3.11. The predicted octanol–water partition coefficient (Wildman–Crippen LogP) is -0.217. The Morgan fingerprint density at radius 1 is 1.26 bits per heavy atom. The molecule has 27 heavy (non-hydrogen) atoms. The van der Waals surface area contributed by atoms with Crippen molar-refractivity contribution in [3.05, 3.63) is 46.5 Å². The van der Waals surface area contributed by atoms with E-state index in [4.69, 9.17) is 4.74 Å². The van der Waals surface area contributed by atoms with Crippen molar-refractivity contribution in [2.45, 2.75) is 31.5 Å². The van der Waals surface area contributed by atoms with E-state index in [0.29, 0.717) is 5.69 Å². The average molecular weight is 373 g/mol. The van der Waals surface area contributed by atoms with Gasteiger partial charge in [-0.25, -0.2) is 9.97 Å². The van der Waals surface area contributed by atoms with Gasteiger partial charge >= 0.3 is 0 Å². The second-order valence-corrected chi connectivity index (χ2v) is 6.43. The van der Waals surface area contributed by atoms with Crippen LogP contribution in [0.4, 0.5) is 11.6 Å². The first-order chi connectivity index (χ1) is 13.0. The van der Waals surface area contributed by atoms with Gasteiger partial charge < -0.3 is 30.4 Å². The monoisotopic (exact) mass is 373 g/mol. The summed E-state index contributed by atoms with van der Waals surface area (Å²) in [6.45, 7) is 1.50. The summed E-state index contributed by atoms with van der Waals surface area (Å²) in [5.41, 5.74) is 1.58. The van der Waals surface area contributed by atoms with Gasteiger partial charge in [0.2, 0.25) is 5.95 Å². The topological polar surface area (TPSA) is 146 Å². The first-order valence-corrected chi connectivity index (χ1v) is 8.41. The zero-order chi connectivity index (χ0) is 19.1. The van der Waals surface area contributed by atoms with Gasteiger partial charge in [0.25, 0.3) is 5.56 Å². The number of nitrogens with one attached hydrogen (secondary N) is 2. The van der Waals surface area contributed by atoms with Crippen LogP contribution >= 0.6 is 0 Å². The summed E-state index contributed by atoms with van der Waals surface area (Å²) >= 11 is 0. The average Bonchev–Trinajstić information content (AvgIpc) is 3.16. The van der Waals surface area contributed by atoms with Crippen LogP contribution in [0.3, 0.4) is 0 Å². The van der Waals surface area contributed by atoms with Gasteiger partial charge in [-0.2, -0.15) is 0 Å². The van der Waals surface area contributed by atoms with Crippen LogP contribution in [0.2, 0.25) is 0 Å². The number of hydrogen-bond acceptors (Lipinski definition) is 8. The van der Waals surface area contributed by atoms with Crippen LogP contribution < -0.4 is 10.9 Å². The molecule has 5 N–H and O–H groups in total. The highest BCUT2D eigenvalue weighted by atomic mass is 16.6. The number of aliphatic hydroxyl groups excluding tert-OH is 3. The maximum Gasteiger partial charge on any atom is 0.278 e. The van der Waals surface area contributed by atoms with Gasteiger partial charge in [-0.1, -0.05) is 17.7 Å². The van der Waals surface area contributed by atoms with Gasteiger partial charge in [-0.05, 0) is 19.1 Å². The third-order valence-corrected chi connectivity index (χ3v) is 4.56. The summed E-state index contributed by atoms with van der Waals surface area (Å²) < 4.78 is 7.02. The van der Waals surface area contributed by atoms with Crippen LogP contribution in [0, 0.1) is 6.92 Å². The van der Waals surface area contributed by atoms with Crippen molar-refractivity contribution in [1.82, 2.24) is 19.5 Å². The largest absolute Gasteiger partial charge is 0.394 e. The second kappa shape index (κ2) is 6.74. The molecule has 3 aromatic rings. The lowest BCUT2D eigenvalue weighted by molar-refractivity contribution is -0.0501. The molecule has 1 aliphatic rings. The first-order valence-electron chi connectivity index (χ1n) is 8.41. The molecule has 0 saturated carbocycles. The molecule has 142 valence electrons. The molecule has 4 atom stereocenters. The van der Waals surface area contributed by atoms with Crippen LogP contribution in [0.1, 0.15) is 11.8 Å². The van der Waals surface area contributed by atoms with Gasteiger partial charge in [-0.3, -0.25) is 9.36 Å². The number of fused-ring (bicyclic) bond motifs is 1. The summed E-state index contributed by atoms with van der Waals surface area (Å²) in [5.74, 6) is 0.216. The third kappa shape index (κ3) is 2.98. The van der Waals surface area contributed by atoms with E-state index in [-0.39, 0.29) is 17.1 Å². The van der Waals surface area contributed by atoms with E-state index < -0.39 is 36.7 Å². The molecular formula is C17H19N5O5. The Kier molecular flexibility index (Phi) is 4.40. The molecule has 1 fully saturated rings. The Morgan fingerprint density at radius 3 is 2.67 bits per heavy atom. The molecule has 0 spiro atoms. The Hall–Kier alpha value is -2.79. The molecule has 1 aliphatic heterocycles. The minimum absolute atomic E-state index is 0.0600. The summed E-state index contributed by atoms with van der Waals surface area (Å²) in [4.78, 5) is 23.0. The van der Waals surface area contributed by atoms with E-state index in [0.717, 1.165) is 5.56 Å². The molecular weight excluding hydrogens is 354 g/mol. The molecule has 0 aliphatic carbocycles. The van der Waals surface area contributed by atoms with Crippen molar-refractivity contribution in [2.75, 3.05) is 11.9 Å². The minimum Gasteiger partial charge on any atom is -0.394 e. The quantitative estimate of drug-likeness (QED) is 0.422. The van der Waals surface area contributed by atoms with E-state index in [2.05, 4.69) is 20.3 Å². The van der Waals surface area contributed by atoms with Crippen LogP contribution in [0.25, 0.3) is 11.2 Å². The molecule has 1 aromatic carbocycles. The zero-order valence-electron chi connectivity index (χ0n) is 14.4. The van der Waals surface area contributed by atoms with Gasteiger partial charge in [0.1, 0.15) is 18.3 Å². The van der Waals surface area contributed by atoms with E-state index >= 15 is 0 Å². The summed E-state index contributed by atoms with van der Waals surface area (Å²) in [6, 6.07) is 7.50. The first kappa shape index (κ1) is 17.6. The minimum atomic E-state index is -1.33. The number of nitrogens with zero attached hydrogens (tertiary/aromatic N) is 3. The van der Waals surface area contributed by atoms with Crippen molar-refractivity contribution in [3.63, 3.8) is 0 Å². The smallest absolute Gasteiger partial charge is 0.278 e. The van der Waals surface area contributed by atoms with Crippen molar-refractivity contribution in [2.24, 2.45) is 0 Å². The molecule has 0 bridgehead atoms. The normalized spacial score (nSPS) is 25.2. The number of rotatable bonds is 4. The fourth-order valence-electron chi connectivity index (χ4n) is 3.11. The Bertz CT molecular complexity index is 1010. The van der Waals surface area contributed by atoms with Gasteiger partial charge in [0.05, 0.1) is 12.9 Å².